The first-order valence-corrected chi connectivity index (χ1v) is 8.74. The molecule has 1 fully saturated rings. The Balaban J connectivity index is 1.73. The minimum Gasteiger partial charge on any atom is -0.493 e. The van der Waals surface area contributed by atoms with E-state index in [-0.39, 0.29) is 24.1 Å². The van der Waals surface area contributed by atoms with Crippen molar-refractivity contribution in [2.45, 2.75) is 0 Å². The molecule has 3 heterocycles. The first-order valence-electron chi connectivity index (χ1n) is 8.74. The fraction of sp³-hybridized carbons (Fsp3) is 0.263. The predicted molar refractivity (Wildman–Crippen MR) is 100 cm³/mol. The maximum atomic E-state index is 12.8. The molecule has 4 rings (SSSR count). The number of ether oxygens (including phenoxy) is 2. The smallest absolute Gasteiger partial charge is 0.274 e. The fourth-order valence-electron chi connectivity index (χ4n) is 3.19. The highest BCUT2D eigenvalue weighted by Crippen LogP contribution is 2.32. The van der Waals surface area contributed by atoms with Gasteiger partial charge in [0.2, 0.25) is 5.91 Å². The van der Waals surface area contributed by atoms with Gasteiger partial charge in [-0.25, -0.2) is 9.50 Å². The second-order valence-electron chi connectivity index (χ2n) is 6.28. The number of hydrogen-bond donors (Lipinski definition) is 1. The Labute approximate surface area is 160 Å². The number of carbonyl (C=O) groups is 2. The van der Waals surface area contributed by atoms with Crippen LogP contribution >= 0.6 is 0 Å². The molecular weight excluding hydrogens is 362 g/mol. The lowest BCUT2D eigenvalue weighted by atomic mass is 10.1. The van der Waals surface area contributed by atoms with Crippen LogP contribution in [0.4, 0.5) is 0 Å². The molecule has 1 aromatic carbocycles. The highest BCUT2D eigenvalue weighted by molar-refractivity contribution is 5.96. The van der Waals surface area contributed by atoms with Gasteiger partial charge in [-0.1, -0.05) is 0 Å². The van der Waals surface area contributed by atoms with Crippen LogP contribution in [-0.2, 0) is 4.79 Å². The highest BCUT2D eigenvalue weighted by atomic mass is 16.5. The van der Waals surface area contributed by atoms with Crippen molar-refractivity contribution in [2.75, 3.05) is 33.9 Å². The van der Waals surface area contributed by atoms with Crippen LogP contribution in [0.3, 0.4) is 0 Å². The Morgan fingerprint density at radius 2 is 1.96 bits per heavy atom. The van der Waals surface area contributed by atoms with Crippen LogP contribution in [0.5, 0.6) is 11.5 Å². The van der Waals surface area contributed by atoms with Crippen LogP contribution in [0.2, 0.25) is 0 Å². The average Bonchev–Trinajstić information content (AvgIpc) is 3.17. The minimum atomic E-state index is -0.293. The number of hydrogen-bond acceptors (Lipinski definition) is 6. The summed E-state index contributed by atoms with van der Waals surface area (Å²) in [4.78, 5) is 30.1. The van der Waals surface area contributed by atoms with Crippen LogP contribution in [0.1, 0.15) is 10.5 Å². The molecule has 0 radical (unpaired) electrons. The molecule has 9 heteroatoms. The number of nitrogens with one attached hydrogen (secondary N) is 1. The number of amides is 2. The van der Waals surface area contributed by atoms with Crippen molar-refractivity contribution in [3.63, 3.8) is 0 Å². The Morgan fingerprint density at radius 1 is 1.14 bits per heavy atom. The molecule has 1 aliphatic heterocycles. The first-order chi connectivity index (χ1) is 13.6. The maximum Gasteiger partial charge on any atom is 0.274 e. The number of rotatable bonds is 4. The van der Waals surface area contributed by atoms with Crippen LogP contribution in [-0.4, -0.2) is 65.2 Å². The van der Waals surface area contributed by atoms with Crippen molar-refractivity contribution < 1.29 is 19.1 Å². The van der Waals surface area contributed by atoms with Gasteiger partial charge in [-0.15, -0.1) is 0 Å². The quantitative estimate of drug-likeness (QED) is 0.724. The fourth-order valence-corrected chi connectivity index (χ4v) is 3.19. The van der Waals surface area contributed by atoms with Crippen LogP contribution in [0, 0.1) is 0 Å². The molecule has 0 spiro atoms. The van der Waals surface area contributed by atoms with Crippen molar-refractivity contribution in [2.24, 2.45) is 0 Å². The van der Waals surface area contributed by atoms with Gasteiger partial charge in [-0.05, 0) is 24.3 Å². The number of benzene rings is 1. The molecule has 9 nitrogen and oxygen atoms in total. The molecule has 0 bridgehead atoms. The Bertz CT molecular complexity index is 1060. The van der Waals surface area contributed by atoms with E-state index in [9.17, 15) is 9.59 Å². The van der Waals surface area contributed by atoms with E-state index in [2.05, 4.69) is 15.4 Å². The van der Waals surface area contributed by atoms with Gasteiger partial charge in [-0.2, -0.15) is 5.10 Å². The normalized spacial score (nSPS) is 14.1. The van der Waals surface area contributed by atoms with Gasteiger partial charge in [0.15, 0.2) is 22.8 Å². The summed E-state index contributed by atoms with van der Waals surface area (Å²) in [6.07, 6.45) is 1.66. The summed E-state index contributed by atoms with van der Waals surface area (Å²) in [7, 11) is 3.15. The van der Waals surface area contributed by atoms with Crippen molar-refractivity contribution in [3.8, 4) is 22.8 Å². The van der Waals surface area contributed by atoms with Gasteiger partial charge in [-0.3, -0.25) is 9.59 Å². The lowest BCUT2D eigenvalue weighted by Crippen LogP contribution is -2.50. The zero-order chi connectivity index (χ0) is 19.7. The molecule has 3 aromatic rings. The molecule has 2 aromatic heterocycles. The SMILES string of the molecule is COc1ccc(-c2ccnc3cc(C(=O)N4CCNC(=O)C4)nn23)cc1OC. The zero-order valence-corrected chi connectivity index (χ0v) is 15.5. The van der Waals surface area contributed by atoms with Crippen molar-refractivity contribution >= 4 is 17.5 Å². The van der Waals surface area contributed by atoms with E-state index in [0.29, 0.717) is 30.2 Å². The van der Waals surface area contributed by atoms with E-state index in [1.165, 1.54) is 4.90 Å². The van der Waals surface area contributed by atoms with Gasteiger partial charge in [0, 0.05) is 30.9 Å². The van der Waals surface area contributed by atoms with Crippen molar-refractivity contribution in [1.82, 2.24) is 24.8 Å². The summed E-state index contributed by atoms with van der Waals surface area (Å²) in [5, 5.41) is 7.15. The number of methoxy groups -OCH3 is 2. The molecule has 1 saturated heterocycles. The van der Waals surface area contributed by atoms with E-state index in [4.69, 9.17) is 9.47 Å². The zero-order valence-electron chi connectivity index (χ0n) is 15.5. The third-order valence-electron chi connectivity index (χ3n) is 4.58. The van der Waals surface area contributed by atoms with Crippen LogP contribution < -0.4 is 14.8 Å². The van der Waals surface area contributed by atoms with Crippen LogP contribution in [0.15, 0.2) is 36.5 Å². The number of fused-ring (bicyclic) bond motifs is 1. The summed E-state index contributed by atoms with van der Waals surface area (Å²) >= 11 is 0. The number of aromatic nitrogens is 3. The van der Waals surface area contributed by atoms with E-state index in [1.807, 2.05) is 24.3 Å². The third kappa shape index (κ3) is 3.11. The molecule has 1 N–H and O–H groups in total. The monoisotopic (exact) mass is 381 g/mol. The van der Waals surface area contributed by atoms with E-state index in [0.717, 1.165) is 11.3 Å². The maximum absolute atomic E-state index is 12.8. The molecule has 144 valence electrons. The Morgan fingerprint density at radius 3 is 2.71 bits per heavy atom. The first kappa shape index (κ1) is 17.8. The standard InChI is InChI=1S/C19H19N5O4/c1-27-15-4-3-12(9-16(15)28-2)14-5-6-20-17-10-13(22-24(14)17)19(26)23-8-7-21-18(25)11-23/h3-6,9-10H,7-8,11H2,1-2H3,(H,21,25). The Hall–Kier alpha value is -3.62. The minimum absolute atomic E-state index is 0.0304. The van der Waals surface area contributed by atoms with Gasteiger partial charge in [0.1, 0.15) is 0 Å². The largest absolute Gasteiger partial charge is 0.493 e. The molecule has 0 aliphatic carbocycles. The third-order valence-corrected chi connectivity index (χ3v) is 4.58. The van der Waals surface area contributed by atoms with Crippen LogP contribution in [0.25, 0.3) is 16.9 Å². The Kier molecular flexibility index (Phi) is 4.56. The molecule has 0 saturated carbocycles. The molecular formula is C19H19N5O4. The van der Waals surface area contributed by atoms with Crippen molar-refractivity contribution in [1.29, 1.82) is 0 Å². The topological polar surface area (TPSA) is 98.1 Å². The summed E-state index contributed by atoms with van der Waals surface area (Å²) in [5.74, 6) is 0.745. The molecule has 0 atom stereocenters. The lowest BCUT2D eigenvalue weighted by Gasteiger charge is -2.25. The summed E-state index contributed by atoms with van der Waals surface area (Å²) in [5.41, 5.74) is 2.37. The summed E-state index contributed by atoms with van der Waals surface area (Å²) < 4.78 is 12.3. The summed E-state index contributed by atoms with van der Waals surface area (Å²) in [6, 6.07) is 8.96. The number of piperazine rings is 1. The highest BCUT2D eigenvalue weighted by Gasteiger charge is 2.25. The molecule has 28 heavy (non-hydrogen) atoms. The summed E-state index contributed by atoms with van der Waals surface area (Å²) in [6.45, 7) is 0.921. The molecule has 2 amide bonds. The second kappa shape index (κ2) is 7.18. The predicted octanol–water partition coefficient (Wildman–Crippen LogP) is 0.985. The van der Waals surface area contributed by atoms with Gasteiger partial charge in [0.05, 0.1) is 26.5 Å². The van der Waals surface area contributed by atoms with Gasteiger partial charge >= 0.3 is 0 Å². The lowest BCUT2D eigenvalue weighted by molar-refractivity contribution is -0.123. The van der Waals surface area contributed by atoms with E-state index < -0.39 is 0 Å². The van der Waals surface area contributed by atoms with Crippen molar-refractivity contribution in [3.05, 3.63) is 42.2 Å². The molecule has 0 unspecified atom stereocenters. The van der Waals surface area contributed by atoms with Gasteiger partial charge in [0.25, 0.3) is 5.91 Å². The number of nitrogens with zero attached hydrogens (tertiary/aromatic N) is 4. The van der Waals surface area contributed by atoms with E-state index >= 15 is 0 Å². The second-order valence-corrected chi connectivity index (χ2v) is 6.28. The average molecular weight is 381 g/mol. The van der Waals surface area contributed by atoms with E-state index in [1.54, 1.807) is 31.0 Å². The number of carbonyl (C=O) groups excluding carboxylic acids is 2. The molecule has 1 aliphatic rings. The van der Waals surface area contributed by atoms with Gasteiger partial charge < -0.3 is 19.7 Å².